The number of nitrogens with zero attached hydrogens (tertiary/aromatic N) is 3. The van der Waals surface area contributed by atoms with Crippen LogP contribution in [0.1, 0.15) is 43.2 Å². The van der Waals surface area contributed by atoms with Crippen LogP contribution in [0, 0.1) is 6.92 Å². The Kier molecular flexibility index (Phi) is 6.56. The highest BCUT2D eigenvalue weighted by atomic mass is 32.2. The van der Waals surface area contributed by atoms with Crippen molar-refractivity contribution in [2.75, 3.05) is 16.8 Å². The zero-order valence-corrected chi connectivity index (χ0v) is 17.0. The van der Waals surface area contributed by atoms with Gasteiger partial charge in [0.1, 0.15) is 17.8 Å². The first-order chi connectivity index (χ1) is 12.6. The molecule has 0 radical (unpaired) electrons. The third-order valence-corrected chi connectivity index (χ3v) is 5.16. The number of carbonyl (C=O) groups excluding carboxylic acids is 1. The van der Waals surface area contributed by atoms with E-state index in [0.717, 1.165) is 24.3 Å². The van der Waals surface area contributed by atoms with Gasteiger partial charge in [0.05, 0.1) is 9.71 Å². The molecule has 1 atom stereocenters. The van der Waals surface area contributed by atoms with E-state index in [4.69, 9.17) is 5.14 Å². The van der Waals surface area contributed by atoms with Crippen molar-refractivity contribution in [3.05, 3.63) is 41.9 Å². The maximum atomic E-state index is 12.6. The average Bonchev–Trinajstić information content (AvgIpc) is 2.60. The van der Waals surface area contributed by atoms with E-state index in [1.165, 1.54) is 6.33 Å². The summed E-state index contributed by atoms with van der Waals surface area (Å²) in [6, 6.07) is 6.89. The van der Waals surface area contributed by atoms with Crippen LogP contribution in [0.25, 0.3) is 0 Å². The molecule has 0 aliphatic rings. The van der Waals surface area contributed by atoms with Gasteiger partial charge in [0.2, 0.25) is 0 Å². The van der Waals surface area contributed by atoms with Gasteiger partial charge in [-0.1, -0.05) is 6.92 Å². The third kappa shape index (κ3) is 5.27. The molecule has 8 heteroatoms. The minimum atomic E-state index is -2.79. The van der Waals surface area contributed by atoms with Crippen LogP contribution in [0.3, 0.4) is 0 Å². The predicted octanol–water partition coefficient (Wildman–Crippen LogP) is 2.61. The molecule has 1 heterocycles. The molecule has 0 spiro atoms. The summed E-state index contributed by atoms with van der Waals surface area (Å²) in [6.45, 7) is 8.92. The molecule has 146 valence electrons. The van der Waals surface area contributed by atoms with E-state index in [1.807, 2.05) is 0 Å². The molecule has 0 saturated heterocycles. The lowest BCUT2D eigenvalue weighted by atomic mass is 10.2. The lowest BCUT2D eigenvalue weighted by Crippen LogP contribution is -2.32. The fourth-order valence-electron chi connectivity index (χ4n) is 2.68. The van der Waals surface area contributed by atoms with Gasteiger partial charge in [-0.25, -0.2) is 14.2 Å². The van der Waals surface area contributed by atoms with Crippen LogP contribution in [0.2, 0.25) is 0 Å². The summed E-state index contributed by atoms with van der Waals surface area (Å²) >= 11 is 0. The highest BCUT2D eigenvalue weighted by Crippen LogP contribution is 2.20. The van der Waals surface area contributed by atoms with Crippen molar-refractivity contribution in [2.45, 2.75) is 45.1 Å². The summed E-state index contributed by atoms with van der Waals surface area (Å²) in [5.74, 6) is 3.86. The number of nitrogens with two attached hydrogens (primary N) is 1. The van der Waals surface area contributed by atoms with Crippen LogP contribution < -0.4 is 15.4 Å². The first-order valence-corrected chi connectivity index (χ1v) is 10.6. The van der Waals surface area contributed by atoms with E-state index in [1.54, 1.807) is 31.2 Å². The molecule has 3 N–H and O–H groups in total. The number of benzene rings is 1. The van der Waals surface area contributed by atoms with Gasteiger partial charge in [0.15, 0.2) is 0 Å². The van der Waals surface area contributed by atoms with Gasteiger partial charge in [-0.15, -0.1) is 0 Å². The van der Waals surface area contributed by atoms with Gasteiger partial charge in [0.25, 0.3) is 5.91 Å². The van der Waals surface area contributed by atoms with Gasteiger partial charge >= 0.3 is 0 Å². The monoisotopic (exact) mass is 389 g/mol. The average molecular weight is 390 g/mol. The van der Waals surface area contributed by atoms with Crippen LogP contribution >= 0.6 is 0 Å². The van der Waals surface area contributed by atoms with Crippen molar-refractivity contribution >= 4 is 33.0 Å². The third-order valence-electron chi connectivity index (χ3n) is 4.11. The lowest BCUT2D eigenvalue weighted by molar-refractivity contribution is 0.102. The van der Waals surface area contributed by atoms with Gasteiger partial charge in [-0.2, -0.15) is 0 Å². The molecule has 1 aromatic carbocycles. The number of amides is 1. The molecule has 1 aromatic heterocycles. The fraction of sp³-hybridized carbons (Fsp3) is 0.368. The van der Waals surface area contributed by atoms with E-state index in [2.05, 4.69) is 46.8 Å². The Bertz CT molecular complexity index is 925. The molecule has 0 aliphatic heterocycles. The Balaban J connectivity index is 2.25. The number of hydrogen-bond donors (Lipinski definition) is 2. The zero-order valence-electron chi connectivity index (χ0n) is 16.2. The Morgan fingerprint density at radius 2 is 2.04 bits per heavy atom. The van der Waals surface area contributed by atoms with Crippen molar-refractivity contribution in [1.82, 2.24) is 9.97 Å². The molecule has 2 rings (SSSR count). The van der Waals surface area contributed by atoms with Crippen LogP contribution in [0.15, 0.2) is 35.5 Å². The molecule has 0 fully saturated rings. The molecular formula is C19H27N5O2S. The van der Waals surface area contributed by atoms with E-state index < -0.39 is 9.71 Å². The topological polar surface area (TPSA) is 101 Å². The van der Waals surface area contributed by atoms with Gasteiger partial charge in [-0.3, -0.25) is 9.93 Å². The van der Waals surface area contributed by atoms with Crippen LogP contribution in [0.5, 0.6) is 0 Å². The smallest absolute Gasteiger partial charge is 0.274 e. The Labute approximate surface area is 161 Å². The van der Waals surface area contributed by atoms with Crippen molar-refractivity contribution in [2.24, 2.45) is 5.14 Å². The van der Waals surface area contributed by atoms with E-state index >= 15 is 0 Å². The van der Waals surface area contributed by atoms with Crippen molar-refractivity contribution in [1.29, 1.82) is 0 Å². The molecule has 1 amide bonds. The number of nitrogens with one attached hydrogen (secondary N) is 1. The Hall–Kier alpha value is -2.45. The summed E-state index contributed by atoms with van der Waals surface area (Å²) in [6.07, 6.45) is 2.38. The Morgan fingerprint density at radius 3 is 2.59 bits per heavy atom. The van der Waals surface area contributed by atoms with Crippen molar-refractivity contribution < 1.29 is 9.00 Å². The SMILES string of the molecule is C=S(N)(=O)c1ccc(NC(=O)c2cc(N(CCC)C(C)C)ncn2)c(C)c1. The van der Waals surface area contributed by atoms with Crippen LogP contribution in [-0.4, -0.2) is 38.5 Å². The molecule has 7 nitrogen and oxygen atoms in total. The molecule has 0 bridgehead atoms. The zero-order chi connectivity index (χ0) is 20.2. The summed E-state index contributed by atoms with van der Waals surface area (Å²) in [5.41, 5.74) is 1.62. The van der Waals surface area contributed by atoms with Gasteiger partial charge in [-0.05, 0) is 56.8 Å². The highest BCUT2D eigenvalue weighted by molar-refractivity contribution is 7.98. The number of aryl methyl sites for hydroxylation is 1. The number of anilines is 2. The second-order valence-corrected chi connectivity index (χ2v) is 8.63. The molecule has 2 aromatic rings. The van der Waals surface area contributed by atoms with Crippen LogP contribution in [0.4, 0.5) is 11.5 Å². The van der Waals surface area contributed by atoms with Crippen LogP contribution in [-0.2, 0) is 9.71 Å². The maximum absolute atomic E-state index is 12.6. The number of aromatic nitrogens is 2. The largest absolute Gasteiger partial charge is 0.354 e. The van der Waals surface area contributed by atoms with E-state index in [9.17, 15) is 9.00 Å². The fourth-order valence-corrected chi connectivity index (χ4v) is 3.36. The second-order valence-electron chi connectivity index (χ2n) is 6.71. The lowest BCUT2D eigenvalue weighted by Gasteiger charge is -2.27. The number of rotatable bonds is 7. The Morgan fingerprint density at radius 1 is 1.33 bits per heavy atom. The summed E-state index contributed by atoms with van der Waals surface area (Å²) < 4.78 is 11.9. The molecule has 27 heavy (non-hydrogen) atoms. The number of carbonyl (C=O) groups is 1. The van der Waals surface area contributed by atoms with E-state index in [-0.39, 0.29) is 17.6 Å². The molecule has 0 saturated carbocycles. The maximum Gasteiger partial charge on any atom is 0.274 e. The summed E-state index contributed by atoms with van der Waals surface area (Å²) in [4.78, 5) is 23.6. The molecular weight excluding hydrogens is 362 g/mol. The minimum absolute atomic E-state index is 0.263. The summed E-state index contributed by atoms with van der Waals surface area (Å²) in [5, 5.41) is 8.40. The first-order valence-electron chi connectivity index (χ1n) is 8.79. The second kappa shape index (κ2) is 8.49. The minimum Gasteiger partial charge on any atom is -0.354 e. The van der Waals surface area contributed by atoms with Crippen molar-refractivity contribution in [3.8, 4) is 0 Å². The van der Waals surface area contributed by atoms with E-state index in [0.29, 0.717) is 10.6 Å². The highest BCUT2D eigenvalue weighted by Gasteiger charge is 2.16. The molecule has 0 aliphatic carbocycles. The predicted molar refractivity (Wildman–Crippen MR) is 112 cm³/mol. The van der Waals surface area contributed by atoms with Crippen molar-refractivity contribution in [3.63, 3.8) is 0 Å². The molecule has 1 unspecified atom stereocenters. The standard InChI is InChI=1S/C19H27N5O2S/c1-6-9-24(13(2)3)18-11-17(21-12-22-18)19(25)23-16-8-7-15(10-14(16)4)27(5,20)26/h7-8,10-13H,5-6,9H2,1-4H3,(H2,20,26)(H,23,25). The summed E-state index contributed by atoms with van der Waals surface area (Å²) in [7, 11) is -2.79. The number of hydrogen-bond acceptors (Lipinski definition) is 5. The quantitative estimate of drug-likeness (QED) is 0.709. The normalized spacial score (nSPS) is 13.3. The first kappa shape index (κ1) is 20.9. The van der Waals surface area contributed by atoms with Gasteiger partial charge in [0, 0.05) is 29.2 Å². The van der Waals surface area contributed by atoms with Gasteiger partial charge < -0.3 is 10.2 Å².